The molecule has 1 aliphatic heterocycles. The first-order chi connectivity index (χ1) is 8.35. The summed E-state index contributed by atoms with van der Waals surface area (Å²) in [5.41, 5.74) is 2.68. The van der Waals surface area contributed by atoms with E-state index in [0.29, 0.717) is 5.92 Å². The second-order valence-electron chi connectivity index (χ2n) is 4.53. The lowest BCUT2D eigenvalue weighted by Crippen LogP contribution is -2.21. The Labute approximate surface area is 103 Å². The van der Waals surface area contributed by atoms with Crippen molar-refractivity contribution < 1.29 is 9.47 Å². The summed E-state index contributed by atoms with van der Waals surface area (Å²) >= 11 is 0. The molecule has 1 atom stereocenters. The van der Waals surface area contributed by atoms with E-state index in [2.05, 4.69) is 23.5 Å². The smallest absolute Gasteiger partial charge is 0.122 e. The first-order valence-corrected chi connectivity index (χ1v) is 6.24. The number of benzene rings is 1. The standard InChI is InChI=1S/C14H21NO2/c1-15-9-13(10-16-2)11-5-6-14-12(8-11)4-3-7-17-14/h5-6,8,13,15H,3-4,7,9-10H2,1-2H3. The lowest BCUT2D eigenvalue weighted by molar-refractivity contribution is 0.178. The molecule has 0 bridgehead atoms. The fourth-order valence-corrected chi connectivity index (χ4v) is 2.35. The van der Waals surface area contributed by atoms with E-state index in [0.717, 1.165) is 38.3 Å². The highest BCUT2D eigenvalue weighted by Gasteiger charge is 2.15. The molecule has 3 nitrogen and oxygen atoms in total. The van der Waals surface area contributed by atoms with Crippen LogP contribution in [-0.2, 0) is 11.2 Å². The number of nitrogens with one attached hydrogen (secondary N) is 1. The van der Waals surface area contributed by atoms with Crippen molar-refractivity contribution in [3.63, 3.8) is 0 Å². The van der Waals surface area contributed by atoms with Crippen LogP contribution in [0.4, 0.5) is 0 Å². The van der Waals surface area contributed by atoms with Crippen molar-refractivity contribution in [3.05, 3.63) is 29.3 Å². The van der Waals surface area contributed by atoms with Gasteiger partial charge in [0.1, 0.15) is 5.75 Å². The number of rotatable bonds is 5. The van der Waals surface area contributed by atoms with Crippen molar-refractivity contribution in [3.8, 4) is 5.75 Å². The summed E-state index contributed by atoms with van der Waals surface area (Å²) in [6.07, 6.45) is 2.25. The van der Waals surface area contributed by atoms with Gasteiger partial charge in [0.25, 0.3) is 0 Å². The van der Waals surface area contributed by atoms with Crippen LogP contribution in [0.3, 0.4) is 0 Å². The van der Waals surface area contributed by atoms with Crippen molar-refractivity contribution in [1.82, 2.24) is 5.32 Å². The molecule has 1 aromatic carbocycles. The van der Waals surface area contributed by atoms with Crippen LogP contribution in [0, 0.1) is 0 Å². The van der Waals surface area contributed by atoms with Crippen molar-refractivity contribution in [1.29, 1.82) is 0 Å². The molecule has 17 heavy (non-hydrogen) atoms. The van der Waals surface area contributed by atoms with Crippen molar-refractivity contribution in [2.24, 2.45) is 0 Å². The number of ether oxygens (including phenoxy) is 2. The number of hydrogen-bond donors (Lipinski definition) is 1. The van der Waals surface area contributed by atoms with Gasteiger partial charge in [-0.1, -0.05) is 12.1 Å². The first kappa shape index (κ1) is 12.4. The molecule has 0 radical (unpaired) electrons. The SMILES string of the molecule is CNCC(COC)c1ccc2c(c1)CCCO2. The summed E-state index contributed by atoms with van der Waals surface area (Å²) in [6, 6.07) is 6.53. The maximum absolute atomic E-state index is 5.63. The molecule has 0 fully saturated rings. The molecule has 1 aliphatic rings. The Kier molecular flexibility index (Phi) is 4.40. The van der Waals surface area contributed by atoms with Crippen LogP contribution in [-0.4, -0.2) is 33.9 Å². The summed E-state index contributed by atoms with van der Waals surface area (Å²) < 4.78 is 10.9. The predicted octanol–water partition coefficient (Wildman–Crippen LogP) is 1.96. The third-order valence-electron chi connectivity index (χ3n) is 3.22. The van der Waals surface area contributed by atoms with Crippen molar-refractivity contribution in [2.75, 3.05) is 33.9 Å². The van der Waals surface area contributed by atoms with E-state index in [-0.39, 0.29) is 0 Å². The molecule has 1 N–H and O–H groups in total. The molecule has 0 aromatic heterocycles. The fraction of sp³-hybridized carbons (Fsp3) is 0.571. The third-order valence-corrected chi connectivity index (χ3v) is 3.22. The zero-order valence-electron chi connectivity index (χ0n) is 10.7. The zero-order valence-corrected chi connectivity index (χ0v) is 10.7. The number of methoxy groups -OCH3 is 1. The Balaban J connectivity index is 2.18. The van der Waals surface area contributed by atoms with Crippen LogP contribution in [0.1, 0.15) is 23.5 Å². The van der Waals surface area contributed by atoms with Crippen molar-refractivity contribution >= 4 is 0 Å². The molecule has 2 rings (SSSR count). The van der Waals surface area contributed by atoms with Crippen LogP contribution >= 0.6 is 0 Å². The Morgan fingerprint density at radius 1 is 1.47 bits per heavy atom. The minimum absolute atomic E-state index is 0.414. The molecule has 94 valence electrons. The van der Waals surface area contributed by atoms with E-state index in [1.54, 1.807) is 7.11 Å². The second-order valence-corrected chi connectivity index (χ2v) is 4.53. The second kappa shape index (κ2) is 6.03. The first-order valence-electron chi connectivity index (χ1n) is 6.24. The molecule has 3 heteroatoms. The Hall–Kier alpha value is -1.06. The van der Waals surface area contributed by atoms with Crippen LogP contribution < -0.4 is 10.1 Å². The van der Waals surface area contributed by atoms with E-state index >= 15 is 0 Å². The molecular formula is C14H21NO2. The van der Waals surface area contributed by atoms with Crippen LogP contribution in [0.25, 0.3) is 0 Å². The van der Waals surface area contributed by atoms with Gasteiger partial charge in [-0.25, -0.2) is 0 Å². The molecular weight excluding hydrogens is 214 g/mol. The summed E-state index contributed by atoms with van der Waals surface area (Å²) in [7, 11) is 3.73. The van der Waals surface area contributed by atoms with E-state index < -0.39 is 0 Å². The monoisotopic (exact) mass is 235 g/mol. The zero-order chi connectivity index (χ0) is 12.1. The third kappa shape index (κ3) is 2.99. The Morgan fingerprint density at radius 3 is 3.12 bits per heavy atom. The predicted molar refractivity (Wildman–Crippen MR) is 68.8 cm³/mol. The van der Waals surface area contributed by atoms with Gasteiger partial charge in [-0.3, -0.25) is 0 Å². The minimum Gasteiger partial charge on any atom is -0.493 e. The molecule has 0 saturated carbocycles. The van der Waals surface area contributed by atoms with E-state index in [4.69, 9.17) is 9.47 Å². The van der Waals surface area contributed by atoms with E-state index in [1.807, 2.05) is 7.05 Å². The largest absolute Gasteiger partial charge is 0.493 e. The summed E-state index contributed by atoms with van der Waals surface area (Å²) in [5, 5.41) is 3.22. The number of aryl methyl sites for hydroxylation is 1. The molecule has 0 spiro atoms. The highest BCUT2D eigenvalue weighted by molar-refractivity contribution is 5.39. The van der Waals surface area contributed by atoms with Gasteiger partial charge in [0, 0.05) is 19.6 Å². The summed E-state index contributed by atoms with van der Waals surface area (Å²) in [4.78, 5) is 0. The molecule has 1 aromatic rings. The van der Waals surface area contributed by atoms with E-state index in [9.17, 15) is 0 Å². The topological polar surface area (TPSA) is 30.5 Å². The van der Waals surface area contributed by atoms with Crippen LogP contribution in [0.15, 0.2) is 18.2 Å². The minimum atomic E-state index is 0.414. The van der Waals surface area contributed by atoms with Gasteiger partial charge in [-0.15, -0.1) is 0 Å². The highest BCUT2D eigenvalue weighted by Crippen LogP contribution is 2.28. The van der Waals surface area contributed by atoms with E-state index in [1.165, 1.54) is 11.1 Å². The van der Waals surface area contributed by atoms with Crippen LogP contribution in [0.2, 0.25) is 0 Å². The maximum atomic E-state index is 5.63. The van der Waals surface area contributed by atoms with Gasteiger partial charge < -0.3 is 14.8 Å². The van der Waals surface area contributed by atoms with Crippen LogP contribution in [0.5, 0.6) is 5.75 Å². The number of fused-ring (bicyclic) bond motifs is 1. The lowest BCUT2D eigenvalue weighted by atomic mass is 9.95. The summed E-state index contributed by atoms with van der Waals surface area (Å²) in [5.74, 6) is 1.47. The van der Waals surface area contributed by atoms with Gasteiger partial charge in [0.2, 0.25) is 0 Å². The summed E-state index contributed by atoms with van der Waals surface area (Å²) in [6.45, 7) is 2.54. The normalized spacial score (nSPS) is 16.1. The quantitative estimate of drug-likeness (QED) is 0.846. The molecule has 0 saturated heterocycles. The van der Waals surface area contributed by atoms with Gasteiger partial charge >= 0.3 is 0 Å². The lowest BCUT2D eigenvalue weighted by Gasteiger charge is -2.21. The molecule has 1 unspecified atom stereocenters. The number of hydrogen-bond acceptors (Lipinski definition) is 3. The highest BCUT2D eigenvalue weighted by atomic mass is 16.5. The van der Waals surface area contributed by atoms with Gasteiger partial charge in [-0.2, -0.15) is 0 Å². The number of likely N-dealkylation sites (N-methyl/N-ethyl adjacent to an activating group) is 1. The Morgan fingerprint density at radius 2 is 2.35 bits per heavy atom. The Bertz CT molecular complexity index is 359. The average molecular weight is 235 g/mol. The maximum Gasteiger partial charge on any atom is 0.122 e. The van der Waals surface area contributed by atoms with Gasteiger partial charge in [-0.05, 0) is 37.1 Å². The van der Waals surface area contributed by atoms with Gasteiger partial charge in [0.15, 0.2) is 0 Å². The fourth-order valence-electron chi connectivity index (χ4n) is 2.35. The van der Waals surface area contributed by atoms with Gasteiger partial charge in [0.05, 0.1) is 13.2 Å². The molecule has 0 aliphatic carbocycles. The molecule has 1 heterocycles. The van der Waals surface area contributed by atoms with Crippen molar-refractivity contribution in [2.45, 2.75) is 18.8 Å². The average Bonchev–Trinajstić information content (AvgIpc) is 2.38. The molecule has 0 amide bonds.